The molecular formula is C22H21FN2O5S. The van der Waals surface area contributed by atoms with Crippen molar-refractivity contribution >= 4 is 27.1 Å². The molecule has 0 unspecified atom stereocenters. The second-order valence-corrected chi connectivity index (χ2v) is 9.05. The van der Waals surface area contributed by atoms with Crippen molar-refractivity contribution in [3.05, 3.63) is 78.0 Å². The second kappa shape index (κ2) is 8.91. The van der Waals surface area contributed by atoms with E-state index < -0.39 is 21.6 Å². The molecule has 0 aliphatic carbocycles. The van der Waals surface area contributed by atoms with Crippen molar-refractivity contribution in [2.45, 2.75) is 10.6 Å². The van der Waals surface area contributed by atoms with Gasteiger partial charge in [-0.2, -0.15) is 0 Å². The first-order valence-electron chi connectivity index (χ1n) is 9.72. The molecule has 3 aromatic rings. The fourth-order valence-corrected chi connectivity index (χ4v) is 4.58. The Bertz CT molecular complexity index is 1170. The van der Waals surface area contributed by atoms with Gasteiger partial charge in [-0.05, 0) is 42.5 Å². The lowest BCUT2D eigenvalue weighted by molar-refractivity contribution is 0.0995. The molecule has 1 saturated heterocycles. The van der Waals surface area contributed by atoms with Crippen LogP contribution >= 0.6 is 0 Å². The molecular weight excluding hydrogens is 423 g/mol. The van der Waals surface area contributed by atoms with Gasteiger partial charge in [0.15, 0.2) is 15.6 Å². The first kappa shape index (κ1) is 21.1. The van der Waals surface area contributed by atoms with E-state index in [0.29, 0.717) is 32.0 Å². The maximum absolute atomic E-state index is 14.5. The fraction of sp³-hybridized carbons (Fsp3) is 0.227. The maximum Gasteiger partial charge on any atom is 0.291 e. The lowest BCUT2D eigenvalue weighted by atomic mass is 10.2. The van der Waals surface area contributed by atoms with Gasteiger partial charge in [-0.25, -0.2) is 12.8 Å². The number of benzene rings is 2. The van der Waals surface area contributed by atoms with Crippen LogP contribution in [0.25, 0.3) is 0 Å². The van der Waals surface area contributed by atoms with Gasteiger partial charge in [0.25, 0.3) is 5.91 Å². The number of halogens is 1. The van der Waals surface area contributed by atoms with Gasteiger partial charge >= 0.3 is 0 Å². The predicted octanol–water partition coefficient (Wildman–Crippen LogP) is 3.48. The molecule has 4 rings (SSSR count). The molecule has 0 spiro atoms. The van der Waals surface area contributed by atoms with Gasteiger partial charge in [-0.3, -0.25) is 4.79 Å². The highest BCUT2D eigenvalue weighted by atomic mass is 32.2. The van der Waals surface area contributed by atoms with Gasteiger partial charge in [0.05, 0.1) is 23.8 Å². The molecule has 1 aliphatic heterocycles. The summed E-state index contributed by atoms with van der Waals surface area (Å²) >= 11 is 0. The van der Waals surface area contributed by atoms with Crippen molar-refractivity contribution in [1.82, 2.24) is 0 Å². The molecule has 2 heterocycles. The summed E-state index contributed by atoms with van der Waals surface area (Å²) in [5.41, 5.74) is 0.724. The largest absolute Gasteiger partial charge is 0.455 e. The topological polar surface area (TPSA) is 88.9 Å². The number of nitrogens with zero attached hydrogens (tertiary/aromatic N) is 1. The lowest BCUT2D eigenvalue weighted by Crippen LogP contribution is -2.36. The highest BCUT2D eigenvalue weighted by Gasteiger charge is 2.20. The van der Waals surface area contributed by atoms with Crippen LogP contribution in [0.1, 0.15) is 16.3 Å². The van der Waals surface area contributed by atoms with Crippen LogP contribution in [-0.2, 0) is 20.3 Å². The summed E-state index contributed by atoms with van der Waals surface area (Å²) in [6.07, 6.45) is 0. The fourth-order valence-electron chi connectivity index (χ4n) is 3.31. The number of anilines is 2. The van der Waals surface area contributed by atoms with Crippen LogP contribution in [-0.4, -0.2) is 40.6 Å². The summed E-state index contributed by atoms with van der Waals surface area (Å²) in [6, 6.07) is 15.3. The summed E-state index contributed by atoms with van der Waals surface area (Å²) in [4.78, 5) is 14.5. The van der Waals surface area contributed by atoms with Crippen molar-refractivity contribution in [2.24, 2.45) is 0 Å². The first-order chi connectivity index (χ1) is 14.9. The molecule has 1 N–H and O–H groups in total. The van der Waals surface area contributed by atoms with Gasteiger partial charge in [0.1, 0.15) is 17.3 Å². The Hall–Kier alpha value is -3.17. The maximum atomic E-state index is 14.5. The third-order valence-corrected chi connectivity index (χ3v) is 6.53. The van der Waals surface area contributed by atoms with Crippen molar-refractivity contribution in [2.75, 3.05) is 36.5 Å². The summed E-state index contributed by atoms with van der Waals surface area (Å²) in [6.45, 7) is 2.28. The molecule has 0 bridgehead atoms. The van der Waals surface area contributed by atoms with Crippen LogP contribution in [0.4, 0.5) is 15.8 Å². The zero-order valence-electron chi connectivity index (χ0n) is 16.6. The molecule has 0 atom stereocenters. The number of ether oxygens (including phenoxy) is 1. The predicted molar refractivity (Wildman–Crippen MR) is 113 cm³/mol. The molecule has 1 aromatic heterocycles. The zero-order valence-corrected chi connectivity index (χ0v) is 17.4. The number of nitrogens with one attached hydrogen (secondary N) is 1. The van der Waals surface area contributed by atoms with E-state index in [-0.39, 0.29) is 27.9 Å². The van der Waals surface area contributed by atoms with Crippen LogP contribution in [0, 0.1) is 5.82 Å². The highest BCUT2D eigenvalue weighted by molar-refractivity contribution is 7.90. The van der Waals surface area contributed by atoms with E-state index in [9.17, 15) is 17.6 Å². The molecule has 2 aromatic carbocycles. The standard InChI is InChI=1S/C22H21FN2O5S/c23-19-14-16(6-8-20(19)25-10-12-29-13-11-25)24-22(26)21-9-7-17(30-21)15-31(27,28)18-4-2-1-3-5-18/h1-9,14H,10-13,15H2,(H,24,26). The Labute approximate surface area is 179 Å². The third kappa shape index (κ3) is 4.95. The van der Waals surface area contributed by atoms with E-state index >= 15 is 0 Å². The molecule has 1 aliphatic rings. The number of rotatable bonds is 6. The normalized spacial score (nSPS) is 14.4. The summed E-state index contributed by atoms with van der Waals surface area (Å²) in [5, 5.41) is 2.57. The van der Waals surface area contributed by atoms with Gasteiger partial charge in [0.2, 0.25) is 0 Å². The van der Waals surface area contributed by atoms with Crippen LogP contribution in [0.2, 0.25) is 0 Å². The van der Waals surface area contributed by atoms with Gasteiger partial charge in [-0.1, -0.05) is 18.2 Å². The van der Waals surface area contributed by atoms with Crippen LogP contribution in [0.15, 0.2) is 70.0 Å². The molecule has 0 radical (unpaired) electrons. The molecule has 31 heavy (non-hydrogen) atoms. The quantitative estimate of drug-likeness (QED) is 0.626. The molecule has 162 valence electrons. The molecule has 7 nitrogen and oxygen atoms in total. The number of sulfone groups is 1. The second-order valence-electron chi connectivity index (χ2n) is 7.06. The van der Waals surface area contributed by atoms with E-state index in [1.807, 2.05) is 4.90 Å². The van der Waals surface area contributed by atoms with Crippen LogP contribution in [0.5, 0.6) is 0 Å². The van der Waals surface area contributed by atoms with E-state index in [1.165, 1.54) is 30.3 Å². The number of hydrogen-bond donors (Lipinski definition) is 1. The summed E-state index contributed by atoms with van der Waals surface area (Å²) in [7, 11) is -3.59. The zero-order chi connectivity index (χ0) is 21.8. The summed E-state index contributed by atoms with van der Waals surface area (Å²) < 4.78 is 50.1. The number of furan rings is 1. The molecule has 0 saturated carbocycles. The number of hydrogen-bond acceptors (Lipinski definition) is 6. The van der Waals surface area contributed by atoms with Crippen molar-refractivity contribution < 1.29 is 26.8 Å². The average molecular weight is 444 g/mol. The van der Waals surface area contributed by atoms with E-state index in [4.69, 9.17) is 9.15 Å². The number of amides is 1. The minimum Gasteiger partial charge on any atom is -0.455 e. The van der Waals surface area contributed by atoms with Crippen LogP contribution in [0.3, 0.4) is 0 Å². The van der Waals surface area contributed by atoms with E-state index in [2.05, 4.69) is 5.32 Å². The summed E-state index contributed by atoms with van der Waals surface area (Å²) in [5.74, 6) is -1.33. The van der Waals surface area contributed by atoms with Crippen molar-refractivity contribution in [1.29, 1.82) is 0 Å². The minimum absolute atomic E-state index is 0.0593. The van der Waals surface area contributed by atoms with Gasteiger partial charge in [-0.15, -0.1) is 0 Å². The Balaban J connectivity index is 1.43. The molecule has 1 amide bonds. The Kier molecular flexibility index (Phi) is 6.06. The third-order valence-electron chi connectivity index (χ3n) is 4.88. The van der Waals surface area contributed by atoms with E-state index in [1.54, 1.807) is 30.3 Å². The lowest BCUT2D eigenvalue weighted by Gasteiger charge is -2.29. The van der Waals surface area contributed by atoms with E-state index in [0.717, 1.165) is 0 Å². The Morgan fingerprint density at radius 2 is 1.77 bits per heavy atom. The van der Waals surface area contributed by atoms with Crippen LogP contribution < -0.4 is 10.2 Å². The smallest absolute Gasteiger partial charge is 0.291 e. The van der Waals surface area contributed by atoms with Crippen molar-refractivity contribution in [3.63, 3.8) is 0 Å². The van der Waals surface area contributed by atoms with Gasteiger partial charge in [0, 0.05) is 18.8 Å². The van der Waals surface area contributed by atoms with Crippen molar-refractivity contribution in [3.8, 4) is 0 Å². The number of morpholine rings is 1. The minimum atomic E-state index is -3.59. The number of carbonyl (C=O) groups excluding carboxylic acids is 1. The molecule has 1 fully saturated rings. The first-order valence-corrected chi connectivity index (χ1v) is 11.4. The number of carbonyl (C=O) groups is 1. The highest BCUT2D eigenvalue weighted by Crippen LogP contribution is 2.24. The molecule has 9 heteroatoms. The SMILES string of the molecule is O=C(Nc1ccc(N2CCOCC2)c(F)c1)c1ccc(CS(=O)(=O)c2ccccc2)o1. The Morgan fingerprint density at radius 1 is 1.03 bits per heavy atom. The monoisotopic (exact) mass is 444 g/mol. The van der Waals surface area contributed by atoms with Gasteiger partial charge < -0.3 is 19.4 Å². The Morgan fingerprint density at radius 3 is 2.48 bits per heavy atom. The average Bonchev–Trinajstić information content (AvgIpc) is 3.23.